The molecule has 0 saturated carbocycles. The van der Waals surface area contributed by atoms with Gasteiger partial charge in [-0.15, -0.1) is 0 Å². The van der Waals surface area contributed by atoms with Crippen LogP contribution < -0.4 is 5.32 Å². The lowest BCUT2D eigenvalue weighted by molar-refractivity contribution is -0.379. The monoisotopic (exact) mass is 1320 g/mol. The van der Waals surface area contributed by atoms with Crippen molar-refractivity contribution in [1.82, 2.24) is 5.32 Å². The minimum Gasteiger partial charge on any atom is -0.394 e. The molecule has 1 amide bonds. The van der Waals surface area contributed by atoms with Gasteiger partial charge in [0.2, 0.25) is 5.91 Å². The molecule has 0 aromatic rings. The van der Waals surface area contributed by atoms with E-state index in [4.69, 9.17) is 28.4 Å². The number of allylic oxidation sites excluding steroid dienone is 11. The van der Waals surface area contributed by atoms with E-state index in [9.17, 15) is 61.0 Å². The zero-order valence-corrected chi connectivity index (χ0v) is 57.2. The second-order valence-corrected chi connectivity index (χ2v) is 26.0. The maximum absolute atomic E-state index is 13.4. The summed E-state index contributed by atoms with van der Waals surface area (Å²) in [6, 6.07) is -0.978. The zero-order chi connectivity index (χ0) is 67.5. The summed E-state index contributed by atoms with van der Waals surface area (Å²) in [5, 5.41) is 121. The molecule has 93 heavy (non-hydrogen) atoms. The smallest absolute Gasteiger partial charge is 0.220 e. The van der Waals surface area contributed by atoms with Crippen LogP contribution in [0.1, 0.15) is 258 Å². The Hall–Kier alpha value is -2.77. The van der Waals surface area contributed by atoms with E-state index in [1.54, 1.807) is 6.08 Å². The Morgan fingerprint density at radius 1 is 0.398 bits per heavy atom. The maximum Gasteiger partial charge on any atom is 0.220 e. The van der Waals surface area contributed by atoms with Crippen LogP contribution >= 0.6 is 0 Å². The fourth-order valence-corrected chi connectivity index (χ4v) is 12.1. The Morgan fingerprint density at radius 2 is 0.742 bits per heavy atom. The molecule has 0 radical (unpaired) electrons. The third-order valence-corrected chi connectivity index (χ3v) is 18.0. The number of aliphatic hydroxyl groups is 11. The van der Waals surface area contributed by atoms with Crippen molar-refractivity contribution < 1.29 is 89.4 Å². The quantitative estimate of drug-likeness (QED) is 0.0199. The first-order valence-corrected chi connectivity index (χ1v) is 36.7. The average molecular weight is 1320 g/mol. The molecule has 17 atom stereocenters. The highest BCUT2D eigenvalue weighted by Crippen LogP contribution is 2.33. The number of carbonyl (C=O) groups is 1. The van der Waals surface area contributed by atoms with Crippen LogP contribution in [0.2, 0.25) is 0 Å². The largest absolute Gasteiger partial charge is 0.394 e. The molecule has 540 valence electrons. The summed E-state index contributed by atoms with van der Waals surface area (Å²) in [4.78, 5) is 13.4. The van der Waals surface area contributed by atoms with E-state index < -0.39 is 124 Å². The number of ether oxygens (including phenoxy) is 6. The summed E-state index contributed by atoms with van der Waals surface area (Å²) in [5.74, 6) is -0.277. The lowest BCUT2D eigenvalue weighted by Crippen LogP contribution is -2.66. The van der Waals surface area contributed by atoms with Gasteiger partial charge in [-0.1, -0.05) is 260 Å². The van der Waals surface area contributed by atoms with Gasteiger partial charge >= 0.3 is 0 Å². The van der Waals surface area contributed by atoms with Crippen molar-refractivity contribution in [1.29, 1.82) is 0 Å². The Bertz CT molecular complexity index is 1970. The highest BCUT2D eigenvalue weighted by Gasteiger charge is 2.53. The first-order valence-electron chi connectivity index (χ1n) is 36.7. The molecule has 3 saturated heterocycles. The van der Waals surface area contributed by atoms with E-state index >= 15 is 0 Å². The van der Waals surface area contributed by atoms with Gasteiger partial charge in [0.25, 0.3) is 0 Å². The third kappa shape index (κ3) is 36.6. The number of carbonyl (C=O) groups excluding carboxylic acids is 1. The van der Waals surface area contributed by atoms with Crippen molar-refractivity contribution in [2.24, 2.45) is 0 Å². The lowest BCUT2D eigenvalue weighted by Gasteiger charge is -2.48. The standard InChI is InChI=1S/C74H131NO18/c1-3-5-7-9-11-13-15-17-19-21-23-24-25-26-27-28-29-30-31-32-34-36-38-40-42-44-46-48-50-52-62(80)75-57(58(79)51-49-47-45-43-41-39-37-35-33-22-20-18-16-14-12-10-8-6-4-2)56-88-72-68(86)65(83)70(60(54-77)90-72)93-74-69(87)66(84)71(61(55-78)91-74)92-73-67(85)64(82)63(81)59(53-76)89-73/h5,7,11,13,17,19,23-24,26-27,49,51,57-61,63-74,76-79,81-87H,3-4,6,8-10,12,14-16,18,20-22,25,28-48,50,52-56H2,1-2H3,(H,75,80)/b7-5-,13-11-,19-17-,24-23-,27-26-,51-49+. The molecular formula is C74H131NO18. The molecule has 0 aromatic carbocycles. The zero-order valence-electron chi connectivity index (χ0n) is 57.2. The summed E-state index contributed by atoms with van der Waals surface area (Å²) in [6.45, 7) is 1.64. The summed E-state index contributed by atoms with van der Waals surface area (Å²) >= 11 is 0. The number of aliphatic hydroxyl groups excluding tert-OH is 11. The Balaban J connectivity index is 1.41. The second kappa shape index (κ2) is 55.1. The summed E-state index contributed by atoms with van der Waals surface area (Å²) in [7, 11) is 0. The molecule has 0 bridgehead atoms. The van der Waals surface area contributed by atoms with Gasteiger partial charge in [-0.05, 0) is 64.2 Å². The fourth-order valence-electron chi connectivity index (χ4n) is 12.1. The van der Waals surface area contributed by atoms with Crippen molar-refractivity contribution in [2.45, 2.75) is 362 Å². The molecule has 3 heterocycles. The predicted octanol–water partition coefficient (Wildman–Crippen LogP) is 10.5. The fraction of sp³-hybridized carbons (Fsp3) is 0.824. The van der Waals surface area contributed by atoms with Gasteiger partial charge in [-0.3, -0.25) is 4.79 Å². The number of hydrogen-bond acceptors (Lipinski definition) is 18. The second-order valence-electron chi connectivity index (χ2n) is 26.0. The summed E-state index contributed by atoms with van der Waals surface area (Å²) < 4.78 is 34.4. The number of nitrogens with one attached hydrogen (secondary N) is 1. The maximum atomic E-state index is 13.4. The van der Waals surface area contributed by atoms with Crippen LogP contribution in [0.15, 0.2) is 72.9 Å². The van der Waals surface area contributed by atoms with E-state index in [2.05, 4.69) is 79.9 Å². The normalized spacial score (nSPS) is 27.9. The van der Waals surface area contributed by atoms with Crippen LogP contribution in [0.5, 0.6) is 0 Å². The highest BCUT2D eigenvalue weighted by atomic mass is 16.8. The van der Waals surface area contributed by atoms with Crippen molar-refractivity contribution >= 4 is 5.91 Å². The molecule has 0 spiro atoms. The number of unbranched alkanes of at least 4 members (excludes halogenated alkanes) is 30. The van der Waals surface area contributed by atoms with E-state index in [0.29, 0.717) is 6.42 Å². The predicted molar refractivity (Wildman–Crippen MR) is 365 cm³/mol. The first kappa shape index (κ1) is 84.5. The number of amides is 1. The van der Waals surface area contributed by atoms with E-state index in [0.717, 1.165) is 83.5 Å². The average Bonchev–Trinajstić information content (AvgIpc) is 1.00. The van der Waals surface area contributed by atoms with Crippen LogP contribution in [0, 0.1) is 0 Å². The Labute approximate surface area is 559 Å². The van der Waals surface area contributed by atoms with Crippen molar-refractivity contribution in [2.75, 3.05) is 26.4 Å². The van der Waals surface area contributed by atoms with Crippen LogP contribution in [0.3, 0.4) is 0 Å². The van der Waals surface area contributed by atoms with E-state index in [1.165, 1.54) is 148 Å². The molecule has 19 heteroatoms. The molecule has 3 aliphatic heterocycles. The molecule has 12 N–H and O–H groups in total. The van der Waals surface area contributed by atoms with E-state index in [-0.39, 0.29) is 18.9 Å². The molecular weight excluding hydrogens is 1190 g/mol. The Morgan fingerprint density at radius 3 is 1.16 bits per heavy atom. The third-order valence-electron chi connectivity index (χ3n) is 18.0. The minimum atomic E-state index is -1.98. The molecule has 17 unspecified atom stereocenters. The number of hydrogen-bond donors (Lipinski definition) is 12. The molecule has 0 aromatic heterocycles. The molecule has 3 aliphatic rings. The molecule has 0 aliphatic carbocycles. The molecule has 3 fully saturated rings. The van der Waals surface area contributed by atoms with Crippen LogP contribution in [-0.2, 0) is 33.2 Å². The van der Waals surface area contributed by atoms with Crippen LogP contribution in [0.4, 0.5) is 0 Å². The van der Waals surface area contributed by atoms with Crippen LogP contribution in [-0.4, -0.2) is 193 Å². The van der Waals surface area contributed by atoms with Gasteiger partial charge in [0.1, 0.15) is 73.2 Å². The SMILES string of the molecule is CC/C=C\C/C=C\C/C=C\C/C=C\C/C=C\CCCCCCCCCCCCCCCC(=O)NC(COC1OC(CO)C(OC2OC(CO)C(OC3OC(CO)C(O)C(O)C3O)C(O)C2O)C(O)C1O)C(O)/C=C/CCCCCCCCCCCCCCCCCCC. The topological polar surface area (TPSA) is 307 Å². The molecule has 19 nitrogen and oxygen atoms in total. The van der Waals surface area contributed by atoms with Gasteiger partial charge in [-0.25, -0.2) is 0 Å². The minimum absolute atomic E-state index is 0.239. The first-order chi connectivity index (χ1) is 45.3. The van der Waals surface area contributed by atoms with Gasteiger partial charge < -0.3 is 89.9 Å². The molecule has 3 rings (SSSR count). The lowest BCUT2D eigenvalue weighted by atomic mass is 9.96. The van der Waals surface area contributed by atoms with Gasteiger partial charge in [0, 0.05) is 6.42 Å². The highest BCUT2D eigenvalue weighted by molar-refractivity contribution is 5.76. The Kier molecular flexibility index (Phi) is 50.1. The number of rotatable bonds is 56. The van der Waals surface area contributed by atoms with E-state index in [1.807, 2.05) is 6.08 Å². The van der Waals surface area contributed by atoms with Gasteiger partial charge in [0.15, 0.2) is 18.9 Å². The van der Waals surface area contributed by atoms with Gasteiger partial charge in [-0.2, -0.15) is 0 Å². The van der Waals surface area contributed by atoms with Crippen molar-refractivity contribution in [3.8, 4) is 0 Å². The summed E-state index contributed by atoms with van der Waals surface area (Å²) in [5.41, 5.74) is 0. The van der Waals surface area contributed by atoms with Crippen LogP contribution in [0.25, 0.3) is 0 Å². The van der Waals surface area contributed by atoms with Gasteiger partial charge in [0.05, 0.1) is 38.6 Å². The summed E-state index contributed by atoms with van der Waals surface area (Å²) in [6.07, 6.45) is 43.0. The van der Waals surface area contributed by atoms with Crippen molar-refractivity contribution in [3.05, 3.63) is 72.9 Å². The van der Waals surface area contributed by atoms with Crippen molar-refractivity contribution in [3.63, 3.8) is 0 Å².